The molecule has 5 N–H and O–H groups in total. The predicted octanol–water partition coefficient (Wildman–Crippen LogP) is 1.59. The number of benzene rings is 1. The third kappa shape index (κ3) is 3.92. The predicted molar refractivity (Wildman–Crippen MR) is 73.5 cm³/mol. The molecular weight excluding hydrogens is 230 g/mol. The summed E-state index contributed by atoms with van der Waals surface area (Å²) >= 11 is 0. The molecule has 5 heteroatoms. The smallest absolute Gasteiger partial charge is 0.241 e. The number of amides is 1. The Kier molecular flexibility index (Phi) is 4.97. The van der Waals surface area contributed by atoms with E-state index in [1.54, 1.807) is 25.3 Å². The van der Waals surface area contributed by atoms with Gasteiger partial charge < -0.3 is 21.5 Å². The number of anilines is 2. The zero-order valence-electron chi connectivity index (χ0n) is 11.1. The second-order valence-corrected chi connectivity index (χ2v) is 4.68. The number of carbonyl (C=O) groups excluding carboxylic acids is 1. The van der Waals surface area contributed by atoms with Gasteiger partial charge in [0.1, 0.15) is 5.75 Å². The zero-order chi connectivity index (χ0) is 13.7. The van der Waals surface area contributed by atoms with E-state index in [0.717, 1.165) is 0 Å². The van der Waals surface area contributed by atoms with E-state index in [1.807, 2.05) is 13.8 Å². The number of ether oxygens (including phenoxy) is 1. The molecule has 5 nitrogen and oxygen atoms in total. The van der Waals surface area contributed by atoms with Crippen LogP contribution in [-0.4, -0.2) is 19.1 Å². The average Bonchev–Trinajstić information content (AvgIpc) is 2.28. The molecule has 0 aromatic heterocycles. The van der Waals surface area contributed by atoms with Crippen molar-refractivity contribution < 1.29 is 9.53 Å². The fraction of sp³-hybridized carbons (Fsp3) is 0.462. The van der Waals surface area contributed by atoms with E-state index in [2.05, 4.69) is 5.32 Å². The Morgan fingerprint density at radius 2 is 2.11 bits per heavy atom. The standard InChI is InChI=1S/C13H21N3O2/c1-8(2)6-11(15)13(17)16-9-4-5-12(18-3)10(14)7-9/h4-5,7-8,11H,6,14-15H2,1-3H3,(H,16,17)/t11-/m0/s1. The van der Waals surface area contributed by atoms with E-state index in [1.165, 1.54) is 0 Å². The molecule has 100 valence electrons. The molecule has 0 radical (unpaired) electrons. The lowest BCUT2D eigenvalue weighted by Crippen LogP contribution is -2.36. The van der Waals surface area contributed by atoms with Gasteiger partial charge in [0.05, 0.1) is 18.8 Å². The maximum Gasteiger partial charge on any atom is 0.241 e. The number of methoxy groups -OCH3 is 1. The minimum Gasteiger partial charge on any atom is -0.495 e. The fourth-order valence-corrected chi connectivity index (χ4v) is 1.66. The van der Waals surface area contributed by atoms with Crippen LogP contribution in [0, 0.1) is 5.92 Å². The van der Waals surface area contributed by atoms with Crippen LogP contribution in [0.3, 0.4) is 0 Å². The van der Waals surface area contributed by atoms with Crippen LogP contribution in [0.5, 0.6) is 5.75 Å². The number of nitrogens with two attached hydrogens (primary N) is 2. The lowest BCUT2D eigenvalue weighted by Gasteiger charge is -2.14. The van der Waals surface area contributed by atoms with Crippen molar-refractivity contribution in [2.24, 2.45) is 11.7 Å². The van der Waals surface area contributed by atoms with Crippen molar-refractivity contribution in [3.63, 3.8) is 0 Å². The molecule has 0 saturated heterocycles. The van der Waals surface area contributed by atoms with Crippen LogP contribution < -0.4 is 21.5 Å². The summed E-state index contributed by atoms with van der Waals surface area (Å²) in [7, 11) is 1.54. The largest absolute Gasteiger partial charge is 0.495 e. The Bertz CT molecular complexity index is 419. The monoisotopic (exact) mass is 251 g/mol. The Morgan fingerprint density at radius 3 is 2.61 bits per heavy atom. The normalized spacial score (nSPS) is 12.3. The minimum absolute atomic E-state index is 0.201. The molecule has 1 atom stereocenters. The van der Waals surface area contributed by atoms with Crippen LogP contribution in [0.1, 0.15) is 20.3 Å². The van der Waals surface area contributed by atoms with Gasteiger partial charge in [-0.3, -0.25) is 4.79 Å². The molecule has 1 rings (SSSR count). The van der Waals surface area contributed by atoms with Crippen molar-refractivity contribution in [3.8, 4) is 5.75 Å². The van der Waals surface area contributed by atoms with E-state index in [9.17, 15) is 4.79 Å². The number of nitrogen functional groups attached to an aromatic ring is 1. The first-order chi connectivity index (χ1) is 8.43. The first-order valence-corrected chi connectivity index (χ1v) is 5.94. The Labute approximate surface area is 107 Å². The van der Waals surface area contributed by atoms with Gasteiger partial charge in [-0.2, -0.15) is 0 Å². The van der Waals surface area contributed by atoms with Gasteiger partial charge in [0.15, 0.2) is 0 Å². The number of hydrogen-bond donors (Lipinski definition) is 3. The second-order valence-electron chi connectivity index (χ2n) is 4.68. The van der Waals surface area contributed by atoms with E-state index in [0.29, 0.717) is 29.5 Å². The van der Waals surface area contributed by atoms with Crippen molar-refractivity contribution >= 4 is 17.3 Å². The van der Waals surface area contributed by atoms with Gasteiger partial charge in [0.25, 0.3) is 0 Å². The Morgan fingerprint density at radius 1 is 1.44 bits per heavy atom. The van der Waals surface area contributed by atoms with Gasteiger partial charge in [-0.15, -0.1) is 0 Å². The minimum atomic E-state index is -0.506. The maximum atomic E-state index is 11.8. The van der Waals surface area contributed by atoms with Crippen molar-refractivity contribution in [1.29, 1.82) is 0 Å². The molecule has 0 fully saturated rings. The summed E-state index contributed by atoms with van der Waals surface area (Å²) in [4.78, 5) is 11.8. The summed E-state index contributed by atoms with van der Waals surface area (Å²) in [5, 5.41) is 2.74. The SMILES string of the molecule is COc1ccc(NC(=O)[C@@H](N)CC(C)C)cc1N. The van der Waals surface area contributed by atoms with E-state index < -0.39 is 6.04 Å². The number of carbonyl (C=O) groups is 1. The van der Waals surface area contributed by atoms with Gasteiger partial charge in [-0.05, 0) is 30.5 Å². The Balaban J connectivity index is 2.67. The highest BCUT2D eigenvalue weighted by molar-refractivity contribution is 5.95. The third-order valence-electron chi connectivity index (χ3n) is 2.56. The molecule has 0 spiro atoms. The maximum absolute atomic E-state index is 11.8. The number of hydrogen-bond acceptors (Lipinski definition) is 4. The first-order valence-electron chi connectivity index (χ1n) is 5.94. The van der Waals surface area contributed by atoms with Crippen molar-refractivity contribution in [1.82, 2.24) is 0 Å². The Hall–Kier alpha value is -1.75. The summed E-state index contributed by atoms with van der Waals surface area (Å²) in [6.45, 7) is 4.05. The molecule has 1 aromatic carbocycles. The fourth-order valence-electron chi connectivity index (χ4n) is 1.66. The lowest BCUT2D eigenvalue weighted by atomic mass is 10.0. The summed E-state index contributed by atoms with van der Waals surface area (Å²) in [6.07, 6.45) is 0.650. The molecule has 1 aromatic rings. The quantitative estimate of drug-likeness (QED) is 0.693. The first kappa shape index (κ1) is 14.3. The summed E-state index contributed by atoms with van der Waals surface area (Å²) < 4.78 is 5.04. The van der Waals surface area contributed by atoms with Crippen molar-refractivity contribution in [2.75, 3.05) is 18.2 Å². The summed E-state index contributed by atoms with van der Waals surface area (Å²) in [5.41, 5.74) is 12.7. The highest BCUT2D eigenvalue weighted by Gasteiger charge is 2.15. The lowest BCUT2D eigenvalue weighted by molar-refractivity contribution is -0.117. The molecule has 18 heavy (non-hydrogen) atoms. The third-order valence-corrected chi connectivity index (χ3v) is 2.56. The van der Waals surface area contributed by atoms with Gasteiger partial charge in [-0.25, -0.2) is 0 Å². The molecule has 0 aliphatic heterocycles. The topological polar surface area (TPSA) is 90.4 Å². The van der Waals surface area contributed by atoms with Gasteiger partial charge in [0, 0.05) is 5.69 Å². The molecule has 0 saturated carbocycles. The number of rotatable bonds is 5. The zero-order valence-corrected chi connectivity index (χ0v) is 11.1. The highest BCUT2D eigenvalue weighted by Crippen LogP contribution is 2.24. The van der Waals surface area contributed by atoms with Gasteiger partial charge in [-0.1, -0.05) is 13.8 Å². The highest BCUT2D eigenvalue weighted by atomic mass is 16.5. The van der Waals surface area contributed by atoms with Crippen LogP contribution in [0.4, 0.5) is 11.4 Å². The van der Waals surface area contributed by atoms with E-state index in [-0.39, 0.29) is 5.91 Å². The van der Waals surface area contributed by atoms with E-state index >= 15 is 0 Å². The molecule has 0 aliphatic rings. The molecule has 0 aliphatic carbocycles. The van der Waals surface area contributed by atoms with Crippen LogP contribution in [0.25, 0.3) is 0 Å². The number of nitrogens with one attached hydrogen (secondary N) is 1. The molecule has 1 amide bonds. The molecule has 0 heterocycles. The van der Waals surface area contributed by atoms with Crippen LogP contribution in [0.15, 0.2) is 18.2 Å². The molecular formula is C13H21N3O2. The second kappa shape index (κ2) is 6.26. The van der Waals surface area contributed by atoms with Crippen LogP contribution in [0.2, 0.25) is 0 Å². The van der Waals surface area contributed by atoms with E-state index in [4.69, 9.17) is 16.2 Å². The van der Waals surface area contributed by atoms with Gasteiger partial charge >= 0.3 is 0 Å². The van der Waals surface area contributed by atoms with Crippen LogP contribution in [-0.2, 0) is 4.79 Å². The van der Waals surface area contributed by atoms with Crippen LogP contribution >= 0.6 is 0 Å². The summed E-state index contributed by atoms with van der Waals surface area (Å²) in [6, 6.07) is 4.58. The molecule has 0 unspecified atom stereocenters. The van der Waals surface area contributed by atoms with Crippen molar-refractivity contribution in [3.05, 3.63) is 18.2 Å². The summed E-state index contributed by atoms with van der Waals surface area (Å²) in [5.74, 6) is 0.763. The van der Waals surface area contributed by atoms with Crippen molar-refractivity contribution in [2.45, 2.75) is 26.3 Å². The van der Waals surface area contributed by atoms with Gasteiger partial charge in [0.2, 0.25) is 5.91 Å². The average molecular weight is 251 g/mol. The molecule has 0 bridgehead atoms.